The van der Waals surface area contributed by atoms with E-state index in [1.807, 2.05) is 0 Å². The number of nitrogens with zero attached hydrogens (tertiary/aromatic N) is 1. The molecule has 2 aromatic carbocycles. The van der Waals surface area contributed by atoms with E-state index in [2.05, 4.69) is 4.99 Å². The zero-order chi connectivity index (χ0) is 14.8. The molecule has 0 radical (unpaired) electrons. The molecule has 0 heterocycles. The van der Waals surface area contributed by atoms with Crippen molar-refractivity contribution < 1.29 is 47.6 Å². The third-order valence-corrected chi connectivity index (χ3v) is 3.45. The van der Waals surface area contributed by atoms with Gasteiger partial charge in [-0.2, -0.15) is 0 Å². The summed E-state index contributed by atoms with van der Waals surface area (Å²) in [4.78, 5) is 3.50. The van der Waals surface area contributed by atoms with Crippen LogP contribution in [-0.2, 0) is 10.1 Å². The van der Waals surface area contributed by atoms with Gasteiger partial charge in [-0.3, -0.25) is 4.99 Å². The topological polar surface area (TPSA) is 116 Å². The van der Waals surface area contributed by atoms with Crippen molar-refractivity contribution in [1.29, 1.82) is 0 Å². The van der Waals surface area contributed by atoms with Crippen LogP contribution in [0.3, 0.4) is 0 Å². The predicted molar refractivity (Wildman–Crippen MR) is 74.2 cm³/mol. The number of rotatable bonds is 3. The van der Waals surface area contributed by atoms with E-state index < -0.39 is 15.0 Å². The van der Waals surface area contributed by atoms with Gasteiger partial charge in [0.25, 0.3) is 0 Å². The Hall–Kier alpha value is -1.38. The Morgan fingerprint density at radius 2 is 1.86 bits per heavy atom. The van der Waals surface area contributed by atoms with E-state index in [0.29, 0.717) is 5.56 Å². The van der Waals surface area contributed by atoms with Crippen LogP contribution in [0.2, 0.25) is 0 Å². The Labute approximate surface area is 144 Å². The summed E-state index contributed by atoms with van der Waals surface area (Å²) in [5.41, 5.74) is 6.03. The number of para-hydroxylation sites is 1. The summed E-state index contributed by atoms with van der Waals surface area (Å²) >= 11 is 0. The summed E-state index contributed by atoms with van der Waals surface area (Å²) in [6, 6.07) is 10.4. The first-order chi connectivity index (χ1) is 9.38. The molecule has 0 saturated carbocycles. The number of nitrogen functional groups attached to an aromatic ring is 1. The van der Waals surface area contributed by atoms with Crippen molar-refractivity contribution in [2.24, 2.45) is 4.99 Å². The average Bonchev–Trinajstić information content (AvgIpc) is 2.38. The predicted octanol–water partition coefficient (Wildman–Crippen LogP) is -1.37. The Bertz CT molecular complexity index is 775. The quantitative estimate of drug-likeness (QED) is 0.314. The van der Waals surface area contributed by atoms with E-state index in [9.17, 15) is 18.1 Å². The largest absolute Gasteiger partial charge is 1.00 e. The normalized spacial score (nSPS) is 11.3. The summed E-state index contributed by atoms with van der Waals surface area (Å²) < 4.78 is 33.0. The molecule has 8 heteroatoms. The summed E-state index contributed by atoms with van der Waals surface area (Å²) in [5.74, 6) is 0.0448. The smallest absolute Gasteiger partial charge is 0.744 e. The van der Waals surface area contributed by atoms with Crippen molar-refractivity contribution >= 4 is 27.7 Å². The number of aliphatic imine (C=N–C) groups is 1. The molecule has 0 bridgehead atoms. The number of phenolic OH excluding ortho intramolecular Hbond substituents is 1. The van der Waals surface area contributed by atoms with Crippen molar-refractivity contribution in [2.45, 2.75) is 4.90 Å². The Morgan fingerprint density at radius 1 is 1.19 bits per heavy atom. The zero-order valence-electron chi connectivity index (χ0n) is 11.2. The maximum atomic E-state index is 11.0. The van der Waals surface area contributed by atoms with Crippen molar-refractivity contribution in [3.05, 3.63) is 48.0 Å². The van der Waals surface area contributed by atoms with Crippen molar-refractivity contribution in [3.63, 3.8) is 0 Å². The van der Waals surface area contributed by atoms with Gasteiger partial charge in [0.15, 0.2) is 0 Å². The summed E-state index contributed by atoms with van der Waals surface area (Å²) in [6.45, 7) is 0. The van der Waals surface area contributed by atoms with E-state index in [1.54, 1.807) is 18.2 Å². The SMILES string of the molecule is Nc1ccc(N=Cc2ccccc2O)cc1S(=O)(=O)[O-].[Na+]. The van der Waals surface area contributed by atoms with Gasteiger partial charge in [0.1, 0.15) is 15.9 Å². The molecule has 0 unspecified atom stereocenters. The molecule has 0 amide bonds. The van der Waals surface area contributed by atoms with E-state index in [0.717, 1.165) is 6.07 Å². The number of benzene rings is 2. The number of phenols is 1. The van der Waals surface area contributed by atoms with Crippen LogP contribution in [0.5, 0.6) is 5.75 Å². The Balaban J connectivity index is 0.00000220. The van der Waals surface area contributed by atoms with Gasteiger partial charge >= 0.3 is 29.6 Å². The summed E-state index contributed by atoms with van der Waals surface area (Å²) in [7, 11) is -4.65. The second-order valence-corrected chi connectivity index (χ2v) is 5.34. The van der Waals surface area contributed by atoms with Gasteiger partial charge in [0, 0.05) is 17.5 Å². The van der Waals surface area contributed by atoms with Crippen LogP contribution in [0, 0.1) is 0 Å². The van der Waals surface area contributed by atoms with E-state index in [1.165, 1.54) is 24.4 Å². The van der Waals surface area contributed by atoms with Crippen LogP contribution in [0.15, 0.2) is 52.4 Å². The second-order valence-electron chi connectivity index (χ2n) is 3.99. The third-order valence-electron chi connectivity index (χ3n) is 2.56. The minimum atomic E-state index is -4.65. The fourth-order valence-electron chi connectivity index (χ4n) is 1.56. The second kappa shape index (κ2) is 7.06. The van der Waals surface area contributed by atoms with Gasteiger partial charge in [0.05, 0.1) is 10.6 Å². The van der Waals surface area contributed by atoms with Gasteiger partial charge in [-0.05, 0) is 30.3 Å². The van der Waals surface area contributed by atoms with Crippen LogP contribution < -0.4 is 35.3 Å². The van der Waals surface area contributed by atoms with Crippen molar-refractivity contribution in [3.8, 4) is 5.75 Å². The minimum absolute atomic E-state index is 0. The molecule has 0 aromatic heterocycles. The third kappa shape index (κ3) is 4.55. The maximum Gasteiger partial charge on any atom is 1.00 e. The van der Waals surface area contributed by atoms with E-state index in [4.69, 9.17) is 5.73 Å². The summed E-state index contributed by atoms with van der Waals surface area (Å²) in [6.07, 6.45) is 1.36. The molecule has 6 nitrogen and oxygen atoms in total. The fourth-order valence-corrected chi connectivity index (χ4v) is 2.18. The molecule has 104 valence electrons. The summed E-state index contributed by atoms with van der Waals surface area (Å²) in [5, 5.41) is 9.56. The first kappa shape index (κ1) is 17.7. The molecular formula is C13H11N2NaO4S. The Kier molecular flexibility index (Phi) is 5.94. The van der Waals surface area contributed by atoms with Gasteiger partial charge < -0.3 is 15.4 Å². The molecule has 21 heavy (non-hydrogen) atoms. The molecular weight excluding hydrogens is 303 g/mol. The minimum Gasteiger partial charge on any atom is -0.744 e. The monoisotopic (exact) mass is 314 g/mol. The first-order valence-corrected chi connectivity index (χ1v) is 6.96. The number of aromatic hydroxyl groups is 1. The molecule has 3 N–H and O–H groups in total. The van der Waals surface area contributed by atoms with Crippen LogP contribution in [0.25, 0.3) is 0 Å². The zero-order valence-corrected chi connectivity index (χ0v) is 14.0. The molecule has 2 rings (SSSR count). The number of hydrogen-bond acceptors (Lipinski definition) is 6. The molecule has 0 spiro atoms. The molecule has 0 fully saturated rings. The number of hydrogen-bond donors (Lipinski definition) is 2. The van der Waals surface area contributed by atoms with Gasteiger partial charge in [-0.25, -0.2) is 8.42 Å². The van der Waals surface area contributed by atoms with E-state index in [-0.39, 0.29) is 46.7 Å². The Morgan fingerprint density at radius 3 is 2.48 bits per heavy atom. The molecule has 0 aliphatic rings. The van der Waals surface area contributed by atoms with Crippen molar-refractivity contribution in [1.82, 2.24) is 0 Å². The maximum absolute atomic E-state index is 11.0. The van der Waals surface area contributed by atoms with Gasteiger partial charge in [-0.1, -0.05) is 12.1 Å². The van der Waals surface area contributed by atoms with Crippen LogP contribution in [0.4, 0.5) is 11.4 Å². The van der Waals surface area contributed by atoms with Crippen LogP contribution >= 0.6 is 0 Å². The molecule has 2 aromatic rings. The average molecular weight is 314 g/mol. The van der Waals surface area contributed by atoms with E-state index >= 15 is 0 Å². The molecule has 0 atom stereocenters. The van der Waals surface area contributed by atoms with Crippen LogP contribution in [-0.4, -0.2) is 24.3 Å². The standard InChI is InChI=1S/C13H12N2O4S.Na/c14-11-6-5-10(7-13(11)20(17,18)19)15-8-9-3-1-2-4-12(9)16;/h1-8,16H,14H2,(H,17,18,19);/q;+1/p-1. The molecule has 0 aliphatic heterocycles. The molecule has 0 saturated heterocycles. The van der Waals surface area contributed by atoms with Crippen LogP contribution in [0.1, 0.15) is 5.56 Å². The fraction of sp³-hybridized carbons (Fsp3) is 0. The number of anilines is 1. The van der Waals surface area contributed by atoms with Gasteiger partial charge in [-0.15, -0.1) is 0 Å². The van der Waals surface area contributed by atoms with Crippen molar-refractivity contribution in [2.75, 3.05) is 5.73 Å². The first-order valence-electron chi connectivity index (χ1n) is 5.55. The van der Waals surface area contributed by atoms with Gasteiger partial charge in [0.2, 0.25) is 0 Å². The number of nitrogens with two attached hydrogens (primary N) is 1. The molecule has 0 aliphatic carbocycles.